The van der Waals surface area contributed by atoms with Gasteiger partial charge in [-0.25, -0.2) is 4.79 Å². The van der Waals surface area contributed by atoms with E-state index in [0.717, 1.165) is 21.2 Å². The standard InChI is InChI=1S/C23H23BrO5/c1-2-11-27-23(26)21-12-19(18-7-9-20(24)10-8-18)13-22(29-21)28-15-17-5-3-16(14-25)4-6-17/h2-10,12,19,22,25H,1,11,13-15H2/t19-,22+/m1/s1. The molecule has 0 aromatic heterocycles. The van der Waals surface area contributed by atoms with Crippen LogP contribution in [0.2, 0.25) is 0 Å². The quantitative estimate of drug-likeness (QED) is 0.462. The van der Waals surface area contributed by atoms with Gasteiger partial charge in [0.15, 0.2) is 0 Å². The van der Waals surface area contributed by atoms with E-state index in [1.165, 1.54) is 6.08 Å². The molecule has 0 spiro atoms. The van der Waals surface area contributed by atoms with Gasteiger partial charge in [-0.2, -0.15) is 0 Å². The van der Waals surface area contributed by atoms with Gasteiger partial charge in [0, 0.05) is 16.8 Å². The maximum Gasteiger partial charge on any atom is 0.373 e. The van der Waals surface area contributed by atoms with Crippen LogP contribution >= 0.6 is 15.9 Å². The number of allylic oxidation sites excluding steroid dienone is 1. The Kier molecular flexibility index (Phi) is 7.63. The molecule has 0 bridgehead atoms. The summed E-state index contributed by atoms with van der Waals surface area (Å²) in [5.41, 5.74) is 2.86. The van der Waals surface area contributed by atoms with Gasteiger partial charge in [0.2, 0.25) is 12.0 Å². The van der Waals surface area contributed by atoms with E-state index in [1.807, 2.05) is 48.5 Å². The van der Waals surface area contributed by atoms with Crippen LogP contribution in [-0.4, -0.2) is 24.0 Å². The minimum atomic E-state index is -0.586. The first-order chi connectivity index (χ1) is 14.1. The average Bonchev–Trinajstić information content (AvgIpc) is 2.76. The van der Waals surface area contributed by atoms with E-state index < -0.39 is 12.3 Å². The maximum absolute atomic E-state index is 12.3. The molecule has 0 saturated carbocycles. The maximum atomic E-state index is 12.3. The predicted molar refractivity (Wildman–Crippen MR) is 113 cm³/mol. The van der Waals surface area contributed by atoms with E-state index in [4.69, 9.17) is 19.3 Å². The van der Waals surface area contributed by atoms with Gasteiger partial charge in [-0.1, -0.05) is 65.0 Å². The molecular weight excluding hydrogens is 436 g/mol. The Balaban J connectivity index is 1.73. The third-order valence-electron chi connectivity index (χ3n) is 4.53. The topological polar surface area (TPSA) is 65.0 Å². The van der Waals surface area contributed by atoms with E-state index in [-0.39, 0.29) is 24.9 Å². The van der Waals surface area contributed by atoms with E-state index in [1.54, 1.807) is 6.08 Å². The molecule has 3 rings (SSSR count). The number of esters is 1. The van der Waals surface area contributed by atoms with Crippen molar-refractivity contribution in [1.82, 2.24) is 0 Å². The lowest BCUT2D eigenvalue weighted by molar-refractivity contribution is -0.163. The Bertz CT molecular complexity index is 858. The molecule has 0 radical (unpaired) electrons. The molecule has 1 N–H and O–H groups in total. The highest BCUT2D eigenvalue weighted by molar-refractivity contribution is 9.10. The minimum absolute atomic E-state index is 0.00270. The number of aliphatic hydroxyl groups excluding tert-OH is 1. The Morgan fingerprint density at radius 2 is 1.86 bits per heavy atom. The molecule has 2 atom stereocenters. The highest BCUT2D eigenvalue weighted by Crippen LogP contribution is 2.32. The van der Waals surface area contributed by atoms with Gasteiger partial charge in [-0.05, 0) is 34.9 Å². The summed E-state index contributed by atoms with van der Waals surface area (Å²) in [7, 11) is 0. The summed E-state index contributed by atoms with van der Waals surface area (Å²) in [4.78, 5) is 12.3. The average molecular weight is 459 g/mol. The molecule has 29 heavy (non-hydrogen) atoms. The van der Waals surface area contributed by atoms with Crippen molar-refractivity contribution in [3.05, 3.63) is 94.2 Å². The van der Waals surface area contributed by atoms with Crippen molar-refractivity contribution in [3.8, 4) is 0 Å². The van der Waals surface area contributed by atoms with Gasteiger partial charge in [0.1, 0.15) is 6.61 Å². The normalized spacial score (nSPS) is 18.5. The van der Waals surface area contributed by atoms with Crippen molar-refractivity contribution in [2.24, 2.45) is 0 Å². The van der Waals surface area contributed by atoms with Crippen molar-refractivity contribution in [1.29, 1.82) is 0 Å². The number of hydrogen-bond acceptors (Lipinski definition) is 5. The summed E-state index contributed by atoms with van der Waals surface area (Å²) in [5, 5.41) is 9.15. The molecular formula is C23H23BrO5. The zero-order valence-corrected chi connectivity index (χ0v) is 17.5. The van der Waals surface area contributed by atoms with Crippen molar-refractivity contribution >= 4 is 21.9 Å². The molecule has 152 valence electrons. The molecule has 1 aliphatic rings. The first-order valence-electron chi connectivity index (χ1n) is 9.31. The zero-order chi connectivity index (χ0) is 20.6. The molecule has 1 aliphatic heterocycles. The first-order valence-corrected chi connectivity index (χ1v) is 10.1. The summed E-state index contributed by atoms with van der Waals surface area (Å²) >= 11 is 3.44. The predicted octanol–water partition coefficient (Wildman–Crippen LogP) is 4.60. The highest BCUT2D eigenvalue weighted by atomic mass is 79.9. The zero-order valence-electron chi connectivity index (χ0n) is 15.9. The second-order valence-electron chi connectivity index (χ2n) is 6.64. The van der Waals surface area contributed by atoms with Crippen molar-refractivity contribution in [2.75, 3.05) is 6.61 Å². The molecule has 0 fully saturated rings. The van der Waals surface area contributed by atoms with Crippen LogP contribution in [0.3, 0.4) is 0 Å². The number of hydrogen-bond donors (Lipinski definition) is 1. The number of carbonyl (C=O) groups is 1. The highest BCUT2D eigenvalue weighted by Gasteiger charge is 2.29. The van der Waals surface area contributed by atoms with E-state index in [0.29, 0.717) is 13.0 Å². The lowest BCUT2D eigenvalue weighted by Gasteiger charge is -2.29. The molecule has 0 unspecified atom stereocenters. The number of carbonyl (C=O) groups excluding carboxylic acids is 1. The Morgan fingerprint density at radius 3 is 2.52 bits per heavy atom. The van der Waals surface area contributed by atoms with Crippen LogP contribution < -0.4 is 0 Å². The smallest absolute Gasteiger partial charge is 0.373 e. The summed E-state index contributed by atoms with van der Waals surface area (Å²) in [6.07, 6.45) is 3.29. The van der Waals surface area contributed by atoms with Crippen LogP contribution in [0.4, 0.5) is 0 Å². The lowest BCUT2D eigenvalue weighted by Crippen LogP contribution is -2.27. The van der Waals surface area contributed by atoms with E-state index in [2.05, 4.69) is 22.5 Å². The molecule has 6 heteroatoms. The lowest BCUT2D eigenvalue weighted by atomic mass is 9.93. The Morgan fingerprint density at radius 1 is 1.17 bits per heavy atom. The molecule has 2 aromatic carbocycles. The first kappa shape index (κ1) is 21.3. The second kappa shape index (κ2) is 10.4. The molecule has 5 nitrogen and oxygen atoms in total. The van der Waals surface area contributed by atoms with E-state index >= 15 is 0 Å². The molecule has 0 aliphatic carbocycles. The number of rotatable bonds is 8. The number of ether oxygens (including phenoxy) is 3. The molecule has 2 aromatic rings. The fraction of sp³-hybridized carbons (Fsp3) is 0.261. The summed E-state index contributed by atoms with van der Waals surface area (Å²) in [6.45, 7) is 4.01. The molecule has 0 saturated heterocycles. The van der Waals surface area contributed by atoms with Crippen LogP contribution in [0, 0.1) is 0 Å². The van der Waals surface area contributed by atoms with Crippen LogP contribution in [-0.2, 0) is 32.2 Å². The summed E-state index contributed by atoms with van der Waals surface area (Å²) < 4.78 is 17.8. The Hall–Kier alpha value is -2.41. The molecule has 1 heterocycles. The van der Waals surface area contributed by atoms with Crippen LogP contribution in [0.5, 0.6) is 0 Å². The number of halogens is 1. The van der Waals surface area contributed by atoms with Gasteiger partial charge in [-0.3, -0.25) is 0 Å². The SMILES string of the molecule is C=CCOC(=O)C1=C[C@@H](c2ccc(Br)cc2)C[C@@H](OCc2ccc(CO)cc2)O1. The minimum Gasteiger partial charge on any atom is -0.458 e. The van der Waals surface area contributed by atoms with Crippen molar-refractivity contribution < 1.29 is 24.1 Å². The fourth-order valence-corrected chi connectivity index (χ4v) is 3.25. The van der Waals surface area contributed by atoms with Gasteiger partial charge in [0.05, 0.1) is 13.2 Å². The van der Waals surface area contributed by atoms with Crippen molar-refractivity contribution in [2.45, 2.75) is 31.8 Å². The van der Waals surface area contributed by atoms with Gasteiger partial charge in [-0.15, -0.1) is 0 Å². The third kappa shape index (κ3) is 6.03. The van der Waals surface area contributed by atoms with Crippen LogP contribution in [0.1, 0.15) is 29.0 Å². The second-order valence-corrected chi connectivity index (χ2v) is 7.56. The van der Waals surface area contributed by atoms with Gasteiger partial charge >= 0.3 is 5.97 Å². The fourth-order valence-electron chi connectivity index (χ4n) is 2.98. The van der Waals surface area contributed by atoms with Crippen LogP contribution in [0.25, 0.3) is 0 Å². The monoisotopic (exact) mass is 458 g/mol. The largest absolute Gasteiger partial charge is 0.458 e. The van der Waals surface area contributed by atoms with Gasteiger partial charge in [0.25, 0.3) is 0 Å². The summed E-state index contributed by atoms with van der Waals surface area (Å²) in [5.74, 6) is -0.427. The number of benzene rings is 2. The van der Waals surface area contributed by atoms with Gasteiger partial charge < -0.3 is 19.3 Å². The van der Waals surface area contributed by atoms with E-state index in [9.17, 15) is 4.79 Å². The Labute approximate surface area is 178 Å². The third-order valence-corrected chi connectivity index (χ3v) is 5.06. The van der Waals surface area contributed by atoms with Crippen LogP contribution in [0.15, 0.2) is 77.5 Å². The number of aliphatic hydroxyl groups is 1. The van der Waals surface area contributed by atoms with Crippen molar-refractivity contribution in [3.63, 3.8) is 0 Å². The summed E-state index contributed by atoms with van der Waals surface area (Å²) in [6, 6.07) is 15.4. The molecule has 0 amide bonds.